The number of hydrogen-bond donors (Lipinski definition) is 0. The third-order valence-corrected chi connectivity index (χ3v) is 5.27. The summed E-state index contributed by atoms with van der Waals surface area (Å²) in [5, 5.41) is 0. The molecule has 0 aliphatic carbocycles. The third kappa shape index (κ3) is 2.83. The lowest BCUT2D eigenvalue weighted by atomic mass is 9.99. The number of furan rings is 1. The monoisotopic (exact) mass is 336 g/mol. The molecule has 4 nitrogen and oxygen atoms in total. The number of carbonyl (C=O) groups excluding carboxylic acids is 1. The summed E-state index contributed by atoms with van der Waals surface area (Å²) in [7, 11) is 0. The topological polar surface area (TPSA) is 46.3 Å². The normalized spacial score (nSPS) is 15.9. The van der Waals surface area contributed by atoms with Crippen molar-refractivity contribution in [3.8, 4) is 0 Å². The van der Waals surface area contributed by atoms with Crippen LogP contribution in [0.3, 0.4) is 0 Å². The van der Waals surface area contributed by atoms with Crippen LogP contribution in [0.25, 0.3) is 0 Å². The molecule has 0 saturated heterocycles. The Bertz CT molecular complexity index is 834. The van der Waals surface area contributed by atoms with Crippen molar-refractivity contribution in [2.45, 2.75) is 17.4 Å². The van der Waals surface area contributed by atoms with Crippen molar-refractivity contribution in [2.24, 2.45) is 0 Å². The predicted molar refractivity (Wildman–Crippen MR) is 94.0 cm³/mol. The number of rotatable bonds is 4. The van der Waals surface area contributed by atoms with E-state index in [9.17, 15) is 4.79 Å². The van der Waals surface area contributed by atoms with Crippen LogP contribution in [0.4, 0.5) is 5.82 Å². The van der Waals surface area contributed by atoms with Gasteiger partial charge in [0, 0.05) is 16.8 Å². The van der Waals surface area contributed by atoms with E-state index in [0.29, 0.717) is 12.4 Å². The van der Waals surface area contributed by atoms with Crippen LogP contribution in [-0.2, 0) is 11.3 Å². The van der Waals surface area contributed by atoms with Crippen LogP contribution in [0.5, 0.6) is 0 Å². The van der Waals surface area contributed by atoms with Gasteiger partial charge >= 0.3 is 0 Å². The Kier molecular flexibility index (Phi) is 4.09. The number of carbonyl (C=O) groups is 1. The number of amides is 1. The van der Waals surface area contributed by atoms with Gasteiger partial charge in [-0.1, -0.05) is 24.3 Å². The van der Waals surface area contributed by atoms with E-state index in [1.165, 1.54) is 4.90 Å². The van der Waals surface area contributed by atoms with Crippen LogP contribution in [0.1, 0.15) is 17.2 Å². The fourth-order valence-corrected chi connectivity index (χ4v) is 4.12. The molecule has 0 N–H and O–H groups in total. The number of benzene rings is 1. The summed E-state index contributed by atoms with van der Waals surface area (Å²) in [5.74, 6) is 2.06. The molecule has 0 fully saturated rings. The molecule has 1 atom stereocenters. The SMILES string of the molecule is O=C([C@@H]1CSc2ccccc21)N(Cc1ccco1)c1ccccn1. The Morgan fingerprint density at radius 1 is 1.17 bits per heavy atom. The first kappa shape index (κ1) is 15.0. The second-order valence-electron chi connectivity index (χ2n) is 5.59. The van der Waals surface area contributed by atoms with Crippen molar-refractivity contribution in [3.63, 3.8) is 0 Å². The molecule has 0 unspecified atom stereocenters. The molecular weight excluding hydrogens is 320 g/mol. The molecule has 120 valence electrons. The molecule has 24 heavy (non-hydrogen) atoms. The maximum Gasteiger partial charge on any atom is 0.237 e. The molecule has 1 aliphatic rings. The quantitative estimate of drug-likeness (QED) is 0.720. The second kappa shape index (κ2) is 6.53. The first-order valence-corrected chi connectivity index (χ1v) is 8.78. The molecule has 4 rings (SSSR count). The van der Waals surface area contributed by atoms with Gasteiger partial charge in [-0.15, -0.1) is 11.8 Å². The third-order valence-electron chi connectivity index (χ3n) is 4.08. The summed E-state index contributed by atoms with van der Waals surface area (Å²) in [5.41, 5.74) is 1.10. The van der Waals surface area contributed by atoms with E-state index in [1.807, 2.05) is 48.5 Å². The lowest BCUT2D eigenvalue weighted by Gasteiger charge is -2.24. The van der Waals surface area contributed by atoms with E-state index in [1.54, 1.807) is 29.1 Å². The average molecular weight is 336 g/mol. The van der Waals surface area contributed by atoms with Crippen LogP contribution in [0.15, 0.2) is 76.4 Å². The maximum absolute atomic E-state index is 13.3. The highest BCUT2D eigenvalue weighted by atomic mass is 32.2. The van der Waals surface area contributed by atoms with Crippen LogP contribution in [-0.4, -0.2) is 16.6 Å². The van der Waals surface area contributed by atoms with Gasteiger partial charge in [0.05, 0.1) is 18.7 Å². The van der Waals surface area contributed by atoms with Crippen LogP contribution < -0.4 is 4.90 Å². The van der Waals surface area contributed by atoms with E-state index in [0.717, 1.165) is 17.1 Å². The number of nitrogens with zero attached hydrogens (tertiary/aromatic N) is 2. The van der Waals surface area contributed by atoms with Gasteiger partial charge < -0.3 is 4.42 Å². The molecule has 3 aromatic rings. The zero-order chi connectivity index (χ0) is 16.4. The highest BCUT2D eigenvalue weighted by Gasteiger charge is 2.33. The summed E-state index contributed by atoms with van der Waals surface area (Å²) in [6, 6.07) is 17.4. The lowest BCUT2D eigenvalue weighted by Crippen LogP contribution is -2.35. The standard InChI is InChI=1S/C19H16N2O2S/c22-19(16-13-24-17-8-2-1-7-15(16)17)21(12-14-6-5-11-23-14)18-9-3-4-10-20-18/h1-11,16H,12-13H2/t16-/m1/s1. The molecule has 1 aliphatic heterocycles. The summed E-state index contributed by atoms with van der Waals surface area (Å²) in [4.78, 5) is 20.5. The van der Waals surface area contributed by atoms with Crippen LogP contribution in [0, 0.1) is 0 Å². The van der Waals surface area contributed by atoms with Gasteiger partial charge in [0.25, 0.3) is 0 Å². The van der Waals surface area contributed by atoms with Crippen molar-refractivity contribution in [1.29, 1.82) is 0 Å². The molecule has 1 aromatic carbocycles. The van der Waals surface area contributed by atoms with Gasteiger partial charge in [-0.2, -0.15) is 0 Å². The Balaban J connectivity index is 1.67. The fourth-order valence-electron chi connectivity index (χ4n) is 2.90. The lowest BCUT2D eigenvalue weighted by molar-refractivity contribution is -0.119. The van der Waals surface area contributed by atoms with Crippen molar-refractivity contribution >= 4 is 23.5 Å². The molecule has 0 radical (unpaired) electrons. The number of anilines is 1. The predicted octanol–water partition coefficient (Wildman–Crippen LogP) is 4.10. The first-order chi connectivity index (χ1) is 11.8. The molecule has 2 aromatic heterocycles. The Hall–Kier alpha value is -2.53. The first-order valence-electron chi connectivity index (χ1n) is 7.79. The zero-order valence-electron chi connectivity index (χ0n) is 13.0. The maximum atomic E-state index is 13.3. The van der Waals surface area contributed by atoms with Crippen molar-refractivity contribution in [3.05, 3.63) is 78.4 Å². The molecule has 5 heteroatoms. The van der Waals surface area contributed by atoms with E-state index in [-0.39, 0.29) is 11.8 Å². The second-order valence-corrected chi connectivity index (χ2v) is 6.65. The number of hydrogen-bond acceptors (Lipinski definition) is 4. The summed E-state index contributed by atoms with van der Waals surface area (Å²) >= 11 is 1.73. The summed E-state index contributed by atoms with van der Waals surface area (Å²) < 4.78 is 5.44. The minimum absolute atomic E-state index is 0.0579. The number of thioether (sulfide) groups is 1. The molecular formula is C19H16N2O2S. The van der Waals surface area contributed by atoms with Gasteiger partial charge in [-0.25, -0.2) is 4.98 Å². The van der Waals surface area contributed by atoms with E-state index in [4.69, 9.17) is 4.42 Å². The van der Waals surface area contributed by atoms with Crippen molar-refractivity contribution < 1.29 is 9.21 Å². The molecule has 3 heterocycles. The van der Waals surface area contributed by atoms with Gasteiger partial charge in [0.15, 0.2) is 0 Å². The molecule has 0 spiro atoms. The highest BCUT2D eigenvalue weighted by Crippen LogP contribution is 2.40. The van der Waals surface area contributed by atoms with E-state index >= 15 is 0 Å². The summed E-state index contributed by atoms with van der Waals surface area (Å²) in [6.07, 6.45) is 3.33. The van der Waals surface area contributed by atoms with Gasteiger partial charge in [0.1, 0.15) is 11.6 Å². The van der Waals surface area contributed by atoms with Crippen LogP contribution >= 0.6 is 11.8 Å². The molecule has 1 amide bonds. The van der Waals surface area contributed by atoms with Gasteiger partial charge in [-0.05, 0) is 35.9 Å². The number of pyridine rings is 1. The van der Waals surface area contributed by atoms with Crippen molar-refractivity contribution in [2.75, 3.05) is 10.7 Å². The van der Waals surface area contributed by atoms with E-state index < -0.39 is 0 Å². The zero-order valence-corrected chi connectivity index (χ0v) is 13.8. The van der Waals surface area contributed by atoms with Gasteiger partial charge in [0.2, 0.25) is 5.91 Å². The summed E-state index contributed by atoms with van der Waals surface area (Å²) in [6.45, 7) is 0.381. The van der Waals surface area contributed by atoms with Crippen molar-refractivity contribution in [1.82, 2.24) is 4.98 Å². The minimum Gasteiger partial charge on any atom is -0.467 e. The highest BCUT2D eigenvalue weighted by molar-refractivity contribution is 7.99. The average Bonchev–Trinajstić information content (AvgIpc) is 3.29. The molecule has 0 bridgehead atoms. The van der Waals surface area contributed by atoms with Gasteiger partial charge in [-0.3, -0.25) is 9.69 Å². The number of aromatic nitrogens is 1. The van der Waals surface area contributed by atoms with Crippen LogP contribution in [0.2, 0.25) is 0 Å². The number of fused-ring (bicyclic) bond motifs is 1. The molecule has 0 saturated carbocycles. The largest absolute Gasteiger partial charge is 0.467 e. The van der Waals surface area contributed by atoms with E-state index in [2.05, 4.69) is 11.1 Å². The Morgan fingerprint density at radius 2 is 2.04 bits per heavy atom. The Labute approximate surface area is 144 Å². The smallest absolute Gasteiger partial charge is 0.237 e. The fraction of sp³-hybridized carbons (Fsp3) is 0.158. The minimum atomic E-state index is -0.150. The Morgan fingerprint density at radius 3 is 2.83 bits per heavy atom.